The molecule has 0 spiro atoms. The van der Waals surface area contributed by atoms with Gasteiger partial charge < -0.3 is 28.5 Å². The van der Waals surface area contributed by atoms with Gasteiger partial charge in [0, 0.05) is 12.8 Å². The van der Waals surface area contributed by atoms with Gasteiger partial charge in [-0.05, 0) is 128 Å². The SMILES string of the molecule is CC/C=C\C/C=C\C/C=C\C/C=C\C/C=C\C/C=C\CCCCCCC(=O)OC(/C=C/CCCCCCCCCCCCC)C(COP(=O)([O-])OCC[N+](C)(C)C)NC(=O)CCCCCCCCCCC/C=C\C/C=C\C/C=C\C/C=C\CCCCC. The zero-order valence-corrected chi connectivity index (χ0v) is 57.8. The van der Waals surface area contributed by atoms with E-state index >= 15 is 0 Å². The van der Waals surface area contributed by atoms with Crippen molar-refractivity contribution in [1.29, 1.82) is 0 Å². The first-order chi connectivity index (χ1) is 42.4. The minimum absolute atomic E-state index is 0.0350. The number of unbranched alkanes of at least 4 members (excludes halogenated alkanes) is 27. The number of allylic oxidation sites excluding steroid dienone is 21. The van der Waals surface area contributed by atoms with Gasteiger partial charge in [0.2, 0.25) is 5.91 Å². The van der Waals surface area contributed by atoms with Crippen LogP contribution in [0.15, 0.2) is 134 Å². The summed E-state index contributed by atoms with van der Waals surface area (Å²) in [4.78, 5) is 40.2. The predicted molar refractivity (Wildman–Crippen MR) is 376 cm³/mol. The number of esters is 1. The Morgan fingerprint density at radius 2 is 0.736 bits per heavy atom. The highest BCUT2D eigenvalue weighted by atomic mass is 31.2. The third-order valence-corrected chi connectivity index (χ3v) is 16.0. The summed E-state index contributed by atoms with van der Waals surface area (Å²) in [7, 11) is 1.15. The lowest BCUT2D eigenvalue weighted by Gasteiger charge is -2.30. The minimum Gasteiger partial charge on any atom is -0.756 e. The summed E-state index contributed by atoms with van der Waals surface area (Å²) in [5.41, 5.74) is 0. The molecular weight excluding hydrogens is 1100 g/mol. The fourth-order valence-corrected chi connectivity index (χ4v) is 10.3. The zero-order chi connectivity index (χ0) is 63.5. The summed E-state index contributed by atoms with van der Waals surface area (Å²) in [5, 5.41) is 3.03. The number of phosphoric acid groups is 1. The molecule has 0 bridgehead atoms. The summed E-state index contributed by atoms with van der Waals surface area (Å²) in [5.74, 6) is -0.581. The van der Waals surface area contributed by atoms with Gasteiger partial charge in [0.1, 0.15) is 19.3 Å². The Balaban J connectivity index is 5.21. The molecule has 3 atom stereocenters. The Hall–Kier alpha value is -3.85. The molecule has 0 saturated heterocycles. The maximum Gasteiger partial charge on any atom is 0.306 e. The summed E-state index contributed by atoms with van der Waals surface area (Å²) in [6.45, 7) is 6.68. The maximum absolute atomic E-state index is 13.6. The average Bonchev–Trinajstić information content (AvgIpc) is 3.70. The van der Waals surface area contributed by atoms with Crippen molar-refractivity contribution in [2.75, 3.05) is 40.9 Å². The van der Waals surface area contributed by atoms with Crippen molar-refractivity contribution < 1.29 is 37.3 Å². The van der Waals surface area contributed by atoms with Crippen LogP contribution >= 0.6 is 7.82 Å². The second kappa shape index (κ2) is 65.1. The second-order valence-corrected chi connectivity index (χ2v) is 26.1. The number of hydrogen-bond donors (Lipinski definition) is 1. The van der Waals surface area contributed by atoms with E-state index in [0.29, 0.717) is 23.9 Å². The van der Waals surface area contributed by atoms with E-state index in [2.05, 4.69) is 148 Å². The van der Waals surface area contributed by atoms with Crippen molar-refractivity contribution in [1.82, 2.24) is 5.32 Å². The zero-order valence-electron chi connectivity index (χ0n) is 56.9. The first-order valence-electron chi connectivity index (χ1n) is 35.5. The Bertz CT molecular complexity index is 1950. The molecule has 87 heavy (non-hydrogen) atoms. The van der Waals surface area contributed by atoms with Crippen LogP contribution in [0.25, 0.3) is 0 Å². The smallest absolute Gasteiger partial charge is 0.306 e. The molecule has 0 aliphatic rings. The van der Waals surface area contributed by atoms with Gasteiger partial charge in [-0.2, -0.15) is 0 Å². The van der Waals surface area contributed by atoms with E-state index in [1.54, 1.807) is 0 Å². The van der Waals surface area contributed by atoms with Crippen LogP contribution in [0, 0.1) is 0 Å². The molecule has 3 unspecified atom stereocenters. The predicted octanol–water partition coefficient (Wildman–Crippen LogP) is 22.2. The lowest BCUT2D eigenvalue weighted by molar-refractivity contribution is -0.870. The fraction of sp³-hybridized carbons (Fsp3) is 0.688. The number of carbonyl (C=O) groups excluding carboxylic acids is 2. The lowest BCUT2D eigenvalue weighted by atomic mass is 10.0. The van der Waals surface area contributed by atoms with E-state index in [4.69, 9.17) is 13.8 Å². The molecule has 0 aromatic carbocycles. The van der Waals surface area contributed by atoms with Gasteiger partial charge >= 0.3 is 5.97 Å². The highest BCUT2D eigenvalue weighted by molar-refractivity contribution is 7.45. The topological polar surface area (TPSA) is 114 Å². The summed E-state index contributed by atoms with van der Waals surface area (Å²) < 4.78 is 30.4. The molecular formula is C77H133N2O7P. The number of ether oxygens (including phenoxy) is 1. The molecule has 10 heteroatoms. The van der Waals surface area contributed by atoms with Crippen molar-refractivity contribution >= 4 is 19.7 Å². The Kier molecular flexibility index (Phi) is 62.2. The van der Waals surface area contributed by atoms with E-state index in [1.165, 1.54) is 116 Å². The van der Waals surface area contributed by atoms with E-state index in [0.717, 1.165) is 135 Å². The summed E-state index contributed by atoms with van der Waals surface area (Å²) >= 11 is 0. The van der Waals surface area contributed by atoms with Gasteiger partial charge in [-0.1, -0.05) is 283 Å². The molecule has 0 aromatic heterocycles. The number of hydrogen-bond acceptors (Lipinski definition) is 7. The van der Waals surface area contributed by atoms with Gasteiger partial charge in [-0.15, -0.1) is 0 Å². The Labute approximate surface area is 536 Å². The van der Waals surface area contributed by atoms with Crippen LogP contribution in [0.3, 0.4) is 0 Å². The van der Waals surface area contributed by atoms with E-state index in [9.17, 15) is 19.0 Å². The highest BCUT2D eigenvalue weighted by Crippen LogP contribution is 2.38. The van der Waals surface area contributed by atoms with Crippen LogP contribution in [-0.4, -0.2) is 69.4 Å². The van der Waals surface area contributed by atoms with Crippen molar-refractivity contribution in [3.63, 3.8) is 0 Å². The summed E-state index contributed by atoms with van der Waals surface area (Å²) in [6.07, 6.45) is 92.8. The highest BCUT2D eigenvalue weighted by Gasteiger charge is 2.27. The van der Waals surface area contributed by atoms with E-state index < -0.39 is 26.6 Å². The third-order valence-electron chi connectivity index (χ3n) is 15.1. The quantitative estimate of drug-likeness (QED) is 0.0212. The van der Waals surface area contributed by atoms with Crippen LogP contribution in [0.4, 0.5) is 0 Å². The fourth-order valence-electron chi connectivity index (χ4n) is 9.63. The second-order valence-electron chi connectivity index (χ2n) is 24.6. The van der Waals surface area contributed by atoms with E-state index in [-0.39, 0.29) is 24.9 Å². The first kappa shape index (κ1) is 83.2. The number of likely N-dealkylation sites (N-methyl/N-ethyl adjacent to an activating group) is 1. The molecule has 0 aromatic rings. The van der Waals surface area contributed by atoms with Gasteiger partial charge in [-0.25, -0.2) is 0 Å². The number of phosphoric ester groups is 1. The van der Waals surface area contributed by atoms with Crippen molar-refractivity contribution in [3.05, 3.63) is 134 Å². The number of amides is 1. The van der Waals surface area contributed by atoms with Crippen molar-refractivity contribution in [3.8, 4) is 0 Å². The number of quaternary nitrogens is 1. The molecule has 0 saturated carbocycles. The molecule has 9 nitrogen and oxygen atoms in total. The number of nitrogens with zero attached hydrogens (tertiary/aromatic N) is 1. The maximum atomic E-state index is 13.6. The Morgan fingerprint density at radius 1 is 0.414 bits per heavy atom. The molecule has 1 amide bonds. The van der Waals surface area contributed by atoms with Gasteiger partial charge in [0.25, 0.3) is 7.82 Å². The monoisotopic (exact) mass is 1230 g/mol. The van der Waals surface area contributed by atoms with Crippen LogP contribution in [0.5, 0.6) is 0 Å². The third kappa shape index (κ3) is 66.4. The first-order valence-corrected chi connectivity index (χ1v) is 37.0. The lowest BCUT2D eigenvalue weighted by Crippen LogP contribution is -2.47. The number of nitrogens with one attached hydrogen (secondary N) is 1. The average molecular weight is 1230 g/mol. The Morgan fingerprint density at radius 3 is 1.13 bits per heavy atom. The minimum atomic E-state index is -4.72. The summed E-state index contributed by atoms with van der Waals surface area (Å²) in [6, 6.07) is -0.914. The van der Waals surface area contributed by atoms with Gasteiger partial charge in [0.05, 0.1) is 33.8 Å². The van der Waals surface area contributed by atoms with Crippen LogP contribution in [0.2, 0.25) is 0 Å². The van der Waals surface area contributed by atoms with Crippen LogP contribution in [-0.2, 0) is 27.9 Å². The molecule has 498 valence electrons. The van der Waals surface area contributed by atoms with Crippen LogP contribution in [0.1, 0.15) is 290 Å². The molecule has 0 aliphatic carbocycles. The normalized spacial score (nSPS) is 14.3. The van der Waals surface area contributed by atoms with E-state index in [1.807, 2.05) is 33.3 Å². The largest absolute Gasteiger partial charge is 0.756 e. The number of rotatable bonds is 63. The standard InChI is InChI=1S/C77H133N2O7P/c1-7-10-13-16-19-22-25-28-30-32-34-36-38-39-41-42-44-46-48-51-54-57-60-63-66-69-76(80)78-74(73-85-87(82,83)84-72-71-79(4,5)6)75(68-65-62-59-56-53-50-27-24-21-18-15-12-9-3)86-77(81)70-67-64-61-58-55-52-49-47-45-43-40-37-35-33-31-29-26-23-20-17-14-11-8-2/h11,14,19-20,22-23,28-31,34-37,39,41,43,45,49,52,65,68,74-75H,7-10,12-13,15-18,21,24-27,32-33,38,40,42,44,46-48,50-51,53-64,66-67,69-73H2,1-6H3,(H-,78,80,82,83)/b14-11-,22-19-,23-20-,30-28-,31-29-,36-34-,37-35-,41-39-,45-43-,52-49-,68-65+. The van der Waals surface area contributed by atoms with Gasteiger partial charge in [-0.3, -0.25) is 14.2 Å². The van der Waals surface area contributed by atoms with Crippen molar-refractivity contribution in [2.45, 2.75) is 303 Å². The van der Waals surface area contributed by atoms with Crippen LogP contribution < -0.4 is 10.2 Å². The molecule has 0 fully saturated rings. The van der Waals surface area contributed by atoms with Crippen molar-refractivity contribution in [2.24, 2.45) is 0 Å². The molecule has 1 N–H and O–H groups in total. The number of carbonyl (C=O) groups is 2. The molecule has 0 radical (unpaired) electrons. The van der Waals surface area contributed by atoms with Gasteiger partial charge in [0.15, 0.2) is 0 Å². The molecule has 0 heterocycles. The molecule has 0 rings (SSSR count). The molecule has 0 aliphatic heterocycles.